The van der Waals surface area contributed by atoms with Gasteiger partial charge in [-0.25, -0.2) is 9.50 Å². The monoisotopic (exact) mass is 270 g/mol. The first-order chi connectivity index (χ1) is 9.86. The number of fused-ring (bicyclic) bond motifs is 3. The van der Waals surface area contributed by atoms with Crippen molar-refractivity contribution in [2.75, 3.05) is 6.54 Å². The van der Waals surface area contributed by atoms with E-state index < -0.39 is 0 Å². The van der Waals surface area contributed by atoms with E-state index in [0.717, 1.165) is 41.6 Å². The Labute approximate surface area is 116 Å². The van der Waals surface area contributed by atoms with Crippen LogP contribution in [0.5, 0.6) is 0 Å². The van der Waals surface area contributed by atoms with Gasteiger partial charge in [-0.1, -0.05) is 5.21 Å². The lowest BCUT2D eigenvalue weighted by Crippen LogP contribution is -2.20. The van der Waals surface area contributed by atoms with Crippen molar-refractivity contribution in [2.45, 2.75) is 31.6 Å². The smallest absolute Gasteiger partial charge is 0.141 e. The van der Waals surface area contributed by atoms with Crippen molar-refractivity contribution in [3.8, 4) is 0 Å². The van der Waals surface area contributed by atoms with Gasteiger partial charge in [-0.2, -0.15) is 0 Å². The SMILES string of the molecule is NCC1CCC(c2nnn3cnc4[nH]ccc4c23)CC1. The lowest BCUT2D eigenvalue weighted by molar-refractivity contribution is 0.330. The number of nitrogens with zero attached hydrogens (tertiary/aromatic N) is 4. The molecule has 0 radical (unpaired) electrons. The first-order valence-corrected chi connectivity index (χ1v) is 7.24. The molecule has 1 aliphatic rings. The molecule has 6 heteroatoms. The minimum atomic E-state index is 0.496. The zero-order valence-electron chi connectivity index (χ0n) is 11.3. The standard InChI is InChI=1S/C14H18N6/c15-7-9-1-3-10(4-2-9)12-13-11-5-6-16-14(11)17-8-20(13)19-18-12/h5-6,8-10,16H,1-4,7,15H2. The Kier molecular flexibility index (Phi) is 2.70. The quantitative estimate of drug-likeness (QED) is 0.744. The second-order valence-electron chi connectivity index (χ2n) is 5.71. The van der Waals surface area contributed by atoms with Gasteiger partial charge < -0.3 is 10.7 Å². The number of hydrogen-bond donors (Lipinski definition) is 2. The first-order valence-electron chi connectivity index (χ1n) is 7.24. The van der Waals surface area contributed by atoms with Crippen LogP contribution in [-0.4, -0.2) is 31.3 Å². The van der Waals surface area contributed by atoms with Crippen LogP contribution in [0, 0.1) is 5.92 Å². The van der Waals surface area contributed by atoms with Crippen molar-refractivity contribution >= 4 is 16.6 Å². The normalized spacial score (nSPS) is 23.6. The molecule has 1 aliphatic carbocycles. The van der Waals surface area contributed by atoms with Crippen molar-refractivity contribution in [1.82, 2.24) is 24.8 Å². The van der Waals surface area contributed by atoms with Crippen molar-refractivity contribution in [3.63, 3.8) is 0 Å². The summed E-state index contributed by atoms with van der Waals surface area (Å²) in [5, 5.41) is 9.76. The summed E-state index contributed by atoms with van der Waals surface area (Å²) in [5.74, 6) is 1.18. The van der Waals surface area contributed by atoms with Gasteiger partial charge in [-0.15, -0.1) is 5.10 Å². The van der Waals surface area contributed by atoms with Gasteiger partial charge in [0.1, 0.15) is 17.5 Å². The van der Waals surface area contributed by atoms with Crippen molar-refractivity contribution in [1.29, 1.82) is 0 Å². The summed E-state index contributed by atoms with van der Waals surface area (Å²) >= 11 is 0. The highest BCUT2D eigenvalue weighted by Crippen LogP contribution is 2.37. The van der Waals surface area contributed by atoms with E-state index in [9.17, 15) is 0 Å². The number of aromatic amines is 1. The Hall–Kier alpha value is -1.95. The van der Waals surface area contributed by atoms with Gasteiger partial charge in [0.2, 0.25) is 0 Å². The lowest BCUT2D eigenvalue weighted by Gasteiger charge is -2.26. The lowest BCUT2D eigenvalue weighted by atomic mass is 9.80. The van der Waals surface area contributed by atoms with Crippen LogP contribution in [-0.2, 0) is 0 Å². The highest BCUT2D eigenvalue weighted by atomic mass is 15.4. The molecule has 0 saturated heterocycles. The Balaban J connectivity index is 1.78. The first kappa shape index (κ1) is 11.8. The zero-order valence-corrected chi connectivity index (χ0v) is 11.3. The second-order valence-corrected chi connectivity index (χ2v) is 5.71. The molecule has 3 aromatic rings. The number of nitrogens with two attached hydrogens (primary N) is 1. The van der Waals surface area contributed by atoms with Gasteiger partial charge in [0.15, 0.2) is 0 Å². The highest BCUT2D eigenvalue weighted by molar-refractivity contribution is 5.92. The van der Waals surface area contributed by atoms with Crippen LogP contribution in [0.1, 0.15) is 37.3 Å². The van der Waals surface area contributed by atoms with Crippen LogP contribution in [0.15, 0.2) is 18.6 Å². The molecule has 4 rings (SSSR count). The Morgan fingerprint density at radius 3 is 2.95 bits per heavy atom. The van der Waals surface area contributed by atoms with Crippen LogP contribution >= 0.6 is 0 Å². The molecule has 0 spiro atoms. The molecule has 0 aromatic carbocycles. The van der Waals surface area contributed by atoms with Gasteiger partial charge >= 0.3 is 0 Å². The summed E-state index contributed by atoms with van der Waals surface area (Å²) in [6, 6.07) is 2.05. The molecule has 3 aromatic heterocycles. The zero-order chi connectivity index (χ0) is 13.5. The number of H-pyrrole nitrogens is 1. The third-order valence-corrected chi connectivity index (χ3v) is 4.56. The maximum Gasteiger partial charge on any atom is 0.141 e. The van der Waals surface area contributed by atoms with E-state index in [1.807, 2.05) is 6.20 Å². The summed E-state index contributed by atoms with van der Waals surface area (Å²) in [6.07, 6.45) is 8.36. The summed E-state index contributed by atoms with van der Waals surface area (Å²) in [5.41, 5.74) is 8.90. The molecule has 3 heterocycles. The average Bonchev–Trinajstić information content (AvgIpc) is 3.13. The number of rotatable bonds is 2. The number of aromatic nitrogens is 5. The third-order valence-electron chi connectivity index (χ3n) is 4.56. The molecule has 0 atom stereocenters. The Bertz CT molecular complexity index is 734. The highest BCUT2D eigenvalue weighted by Gasteiger charge is 2.26. The predicted octanol–water partition coefficient (Wildman–Crippen LogP) is 1.84. The molecule has 6 nitrogen and oxygen atoms in total. The summed E-state index contributed by atoms with van der Waals surface area (Å²) in [7, 11) is 0. The van der Waals surface area contributed by atoms with Crippen LogP contribution in [0.4, 0.5) is 0 Å². The van der Waals surface area contributed by atoms with E-state index in [1.54, 1.807) is 10.8 Å². The van der Waals surface area contributed by atoms with Crippen LogP contribution in [0.2, 0.25) is 0 Å². The van der Waals surface area contributed by atoms with E-state index in [2.05, 4.69) is 26.3 Å². The van der Waals surface area contributed by atoms with E-state index in [0.29, 0.717) is 11.8 Å². The molecular formula is C14H18N6. The van der Waals surface area contributed by atoms with Crippen molar-refractivity contribution < 1.29 is 0 Å². The van der Waals surface area contributed by atoms with Gasteiger partial charge in [0.25, 0.3) is 0 Å². The van der Waals surface area contributed by atoms with E-state index in [4.69, 9.17) is 5.73 Å². The van der Waals surface area contributed by atoms with E-state index in [-0.39, 0.29) is 0 Å². The molecule has 0 aliphatic heterocycles. The van der Waals surface area contributed by atoms with Gasteiger partial charge in [-0.3, -0.25) is 0 Å². The molecule has 0 unspecified atom stereocenters. The average molecular weight is 270 g/mol. The number of hydrogen-bond acceptors (Lipinski definition) is 4. The summed E-state index contributed by atoms with van der Waals surface area (Å²) in [6.45, 7) is 0.806. The Morgan fingerprint density at radius 2 is 2.15 bits per heavy atom. The number of nitrogens with one attached hydrogen (secondary N) is 1. The molecule has 3 N–H and O–H groups in total. The van der Waals surface area contributed by atoms with Crippen LogP contribution < -0.4 is 5.73 Å². The summed E-state index contributed by atoms with van der Waals surface area (Å²) < 4.78 is 1.79. The fourth-order valence-corrected chi connectivity index (χ4v) is 3.37. The molecule has 0 amide bonds. The second kappa shape index (κ2) is 4.56. The maximum absolute atomic E-state index is 5.77. The van der Waals surface area contributed by atoms with E-state index in [1.165, 1.54) is 12.8 Å². The molecule has 0 bridgehead atoms. The fourth-order valence-electron chi connectivity index (χ4n) is 3.37. The van der Waals surface area contributed by atoms with Gasteiger partial charge in [0, 0.05) is 17.5 Å². The van der Waals surface area contributed by atoms with Gasteiger partial charge in [0.05, 0.1) is 5.69 Å². The van der Waals surface area contributed by atoms with E-state index >= 15 is 0 Å². The molecular weight excluding hydrogens is 252 g/mol. The fraction of sp³-hybridized carbons (Fsp3) is 0.500. The molecule has 1 fully saturated rings. The summed E-state index contributed by atoms with van der Waals surface area (Å²) in [4.78, 5) is 7.49. The minimum absolute atomic E-state index is 0.496. The Morgan fingerprint density at radius 1 is 1.30 bits per heavy atom. The van der Waals surface area contributed by atoms with Crippen LogP contribution in [0.25, 0.3) is 16.6 Å². The molecule has 104 valence electrons. The predicted molar refractivity (Wildman–Crippen MR) is 76.4 cm³/mol. The van der Waals surface area contributed by atoms with Crippen LogP contribution in [0.3, 0.4) is 0 Å². The topological polar surface area (TPSA) is 84.9 Å². The largest absolute Gasteiger partial charge is 0.346 e. The van der Waals surface area contributed by atoms with Crippen molar-refractivity contribution in [2.24, 2.45) is 11.7 Å². The molecule has 1 saturated carbocycles. The third kappa shape index (κ3) is 1.71. The minimum Gasteiger partial charge on any atom is -0.346 e. The molecule has 20 heavy (non-hydrogen) atoms. The van der Waals surface area contributed by atoms with Gasteiger partial charge in [-0.05, 0) is 44.2 Å². The van der Waals surface area contributed by atoms with Crippen molar-refractivity contribution in [3.05, 3.63) is 24.3 Å². The maximum atomic E-state index is 5.77.